The van der Waals surface area contributed by atoms with E-state index < -0.39 is 0 Å². The lowest BCUT2D eigenvalue weighted by atomic mass is 10.1. The Balaban J connectivity index is 1.78. The fraction of sp³-hybridized carbons (Fsp3) is 0.500. The Bertz CT molecular complexity index is 445. The van der Waals surface area contributed by atoms with Gasteiger partial charge in [-0.25, -0.2) is 0 Å². The number of halogens is 1. The van der Waals surface area contributed by atoms with E-state index >= 15 is 0 Å². The zero-order valence-corrected chi connectivity index (χ0v) is 12.4. The van der Waals surface area contributed by atoms with Crippen molar-refractivity contribution in [1.29, 1.82) is 0 Å². The Hall–Kier alpha value is -1.07. The van der Waals surface area contributed by atoms with Crippen LogP contribution in [0.5, 0.6) is 5.75 Å². The molecule has 1 heterocycles. The summed E-state index contributed by atoms with van der Waals surface area (Å²) in [6.45, 7) is 3.81. The molecule has 2 N–H and O–H groups in total. The highest BCUT2D eigenvalue weighted by Gasteiger charge is 2.11. The predicted molar refractivity (Wildman–Crippen MR) is 78.4 cm³/mol. The molecule has 2 rings (SSSR count). The molecule has 0 radical (unpaired) electrons. The van der Waals surface area contributed by atoms with Gasteiger partial charge in [-0.05, 0) is 60.1 Å². The first-order valence-electron chi connectivity index (χ1n) is 6.66. The third-order valence-corrected chi connectivity index (χ3v) is 4.04. The number of carbonyl (C=O) groups excluding carboxylic acids is 1. The number of phenols is 1. The van der Waals surface area contributed by atoms with E-state index in [2.05, 4.69) is 26.1 Å². The second kappa shape index (κ2) is 6.91. The molecule has 4 nitrogen and oxygen atoms in total. The Morgan fingerprint density at radius 1 is 1.32 bits per heavy atom. The number of likely N-dealkylation sites (tertiary alicyclic amines) is 1. The van der Waals surface area contributed by atoms with Gasteiger partial charge in [0.1, 0.15) is 5.75 Å². The Morgan fingerprint density at radius 3 is 2.74 bits per heavy atom. The molecule has 5 heteroatoms. The minimum absolute atomic E-state index is 0.0867. The molecule has 1 saturated heterocycles. The van der Waals surface area contributed by atoms with Gasteiger partial charge in [0.15, 0.2) is 0 Å². The summed E-state index contributed by atoms with van der Waals surface area (Å²) >= 11 is 3.19. The molecule has 0 bridgehead atoms. The minimum atomic E-state index is -0.139. The summed E-state index contributed by atoms with van der Waals surface area (Å²) in [5, 5.41) is 12.4. The molecule has 1 aliphatic heterocycles. The van der Waals surface area contributed by atoms with Crippen molar-refractivity contribution in [3.63, 3.8) is 0 Å². The molecule has 1 aromatic rings. The van der Waals surface area contributed by atoms with Gasteiger partial charge in [0.05, 0.1) is 4.47 Å². The summed E-state index contributed by atoms with van der Waals surface area (Å²) in [5.74, 6) is -0.0523. The van der Waals surface area contributed by atoms with Crippen molar-refractivity contribution in [2.24, 2.45) is 0 Å². The van der Waals surface area contributed by atoms with Crippen LogP contribution in [0.15, 0.2) is 22.7 Å². The maximum absolute atomic E-state index is 11.9. The summed E-state index contributed by atoms with van der Waals surface area (Å²) in [5.41, 5.74) is 0.486. The van der Waals surface area contributed by atoms with Crippen molar-refractivity contribution >= 4 is 21.8 Å². The molecule has 0 unspecified atom stereocenters. The van der Waals surface area contributed by atoms with Gasteiger partial charge in [0, 0.05) is 18.7 Å². The maximum Gasteiger partial charge on any atom is 0.251 e. The number of carbonyl (C=O) groups is 1. The molecule has 1 aliphatic rings. The highest BCUT2D eigenvalue weighted by atomic mass is 79.9. The van der Waals surface area contributed by atoms with Gasteiger partial charge in [-0.3, -0.25) is 4.79 Å². The quantitative estimate of drug-likeness (QED) is 0.893. The summed E-state index contributed by atoms with van der Waals surface area (Å²) in [7, 11) is 0. The van der Waals surface area contributed by atoms with E-state index in [0.29, 0.717) is 16.6 Å². The summed E-state index contributed by atoms with van der Waals surface area (Å²) in [6, 6.07) is 4.84. The first-order chi connectivity index (χ1) is 9.16. The van der Waals surface area contributed by atoms with Gasteiger partial charge < -0.3 is 15.3 Å². The van der Waals surface area contributed by atoms with Gasteiger partial charge in [-0.15, -0.1) is 0 Å². The van der Waals surface area contributed by atoms with E-state index in [1.165, 1.54) is 25.3 Å². The number of phenolic OH excluding ortho intramolecular Hbond substituents is 1. The highest BCUT2D eigenvalue weighted by Crippen LogP contribution is 2.24. The van der Waals surface area contributed by atoms with Gasteiger partial charge >= 0.3 is 0 Å². The van der Waals surface area contributed by atoms with Gasteiger partial charge in [-0.1, -0.05) is 6.42 Å². The van der Waals surface area contributed by atoms with Crippen LogP contribution in [-0.4, -0.2) is 42.1 Å². The Kier molecular flexibility index (Phi) is 5.22. The molecule has 0 aliphatic carbocycles. The predicted octanol–water partition coefficient (Wildman–Crippen LogP) is 2.37. The first kappa shape index (κ1) is 14.3. The van der Waals surface area contributed by atoms with E-state index in [0.717, 1.165) is 19.6 Å². The van der Waals surface area contributed by atoms with E-state index in [1.807, 2.05) is 0 Å². The van der Waals surface area contributed by atoms with Crippen LogP contribution in [0.25, 0.3) is 0 Å². The number of nitrogens with one attached hydrogen (secondary N) is 1. The van der Waals surface area contributed by atoms with Crippen LogP contribution >= 0.6 is 15.9 Å². The average Bonchev–Trinajstić information content (AvgIpc) is 2.43. The smallest absolute Gasteiger partial charge is 0.251 e. The zero-order valence-electron chi connectivity index (χ0n) is 10.9. The van der Waals surface area contributed by atoms with Crippen molar-refractivity contribution in [3.8, 4) is 5.75 Å². The SMILES string of the molecule is O=C(NCCN1CCCCC1)c1ccc(Br)c(O)c1. The number of hydrogen-bond donors (Lipinski definition) is 2. The number of rotatable bonds is 4. The molecule has 0 aromatic heterocycles. The summed E-state index contributed by atoms with van der Waals surface area (Å²) in [4.78, 5) is 14.3. The van der Waals surface area contributed by atoms with Crippen LogP contribution in [0, 0.1) is 0 Å². The van der Waals surface area contributed by atoms with Crippen molar-refractivity contribution in [3.05, 3.63) is 28.2 Å². The van der Waals surface area contributed by atoms with Gasteiger partial charge in [-0.2, -0.15) is 0 Å². The lowest BCUT2D eigenvalue weighted by Gasteiger charge is -2.26. The molecular weight excluding hydrogens is 308 g/mol. The van der Waals surface area contributed by atoms with E-state index in [4.69, 9.17) is 0 Å². The number of piperidine rings is 1. The third-order valence-electron chi connectivity index (χ3n) is 3.37. The van der Waals surface area contributed by atoms with Crippen molar-refractivity contribution in [2.45, 2.75) is 19.3 Å². The van der Waals surface area contributed by atoms with Gasteiger partial charge in [0.2, 0.25) is 0 Å². The molecule has 1 fully saturated rings. The van der Waals surface area contributed by atoms with E-state index in [1.54, 1.807) is 12.1 Å². The molecule has 0 atom stereocenters. The summed E-state index contributed by atoms with van der Waals surface area (Å²) < 4.78 is 0.595. The monoisotopic (exact) mass is 326 g/mol. The highest BCUT2D eigenvalue weighted by molar-refractivity contribution is 9.10. The topological polar surface area (TPSA) is 52.6 Å². The molecule has 19 heavy (non-hydrogen) atoms. The van der Waals surface area contributed by atoms with Crippen LogP contribution < -0.4 is 5.32 Å². The van der Waals surface area contributed by atoms with Crippen LogP contribution in [0.2, 0.25) is 0 Å². The minimum Gasteiger partial charge on any atom is -0.507 e. The first-order valence-corrected chi connectivity index (χ1v) is 7.45. The lowest BCUT2D eigenvalue weighted by Crippen LogP contribution is -2.37. The molecule has 1 aromatic carbocycles. The number of amides is 1. The summed E-state index contributed by atoms with van der Waals surface area (Å²) in [6.07, 6.45) is 3.84. The van der Waals surface area contributed by atoms with Crippen LogP contribution in [0.1, 0.15) is 29.6 Å². The van der Waals surface area contributed by atoms with Crippen molar-refractivity contribution < 1.29 is 9.90 Å². The van der Waals surface area contributed by atoms with Crippen LogP contribution in [-0.2, 0) is 0 Å². The van der Waals surface area contributed by atoms with E-state index in [9.17, 15) is 9.90 Å². The number of hydrogen-bond acceptors (Lipinski definition) is 3. The molecular formula is C14H19BrN2O2. The molecule has 0 saturated carbocycles. The fourth-order valence-electron chi connectivity index (χ4n) is 2.27. The average molecular weight is 327 g/mol. The molecule has 0 spiro atoms. The Morgan fingerprint density at radius 2 is 2.05 bits per heavy atom. The van der Waals surface area contributed by atoms with E-state index in [-0.39, 0.29) is 11.7 Å². The Labute approximate surface area is 121 Å². The maximum atomic E-state index is 11.9. The van der Waals surface area contributed by atoms with Crippen LogP contribution in [0.3, 0.4) is 0 Å². The number of aromatic hydroxyl groups is 1. The third kappa shape index (κ3) is 4.21. The lowest BCUT2D eigenvalue weighted by molar-refractivity contribution is 0.0946. The standard InChI is InChI=1S/C14H19BrN2O2/c15-12-5-4-11(10-13(12)18)14(19)16-6-9-17-7-2-1-3-8-17/h4-5,10,18H,1-3,6-9H2,(H,16,19). The van der Waals surface area contributed by atoms with Crippen molar-refractivity contribution in [1.82, 2.24) is 10.2 Å². The fourth-order valence-corrected chi connectivity index (χ4v) is 2.51. The second-order valence-electron chi connectivity index (χ2n) is 4.82. The number of benzene rings is 1. The number of nitrogens with zero attached hydrogens (tertiary/aromatic N) is 1. The second-order valence-corrected chi connectivity index (χ2v) is 5.68. The largest absolute Gasteiger partial charge is 0.507 e. The van der Waals surface area contributed by atoms with Crippen LogP contribution in [0.4, 0.5) is 0 Å². The molecule has 104 valence electrons. The zero-order chi connectivity index (χ0) is 13.7. The van der Waals surface area contributed by atoms with Crippen molar-refractivity contribution in [2.75, 3.05) is 26.2 Å². The molecule has 1 amide bonds. The normalized spacial score (nSPS) is 16.3. The van der Waals surface area contributed by atoms with Gasteiger partial charge in [0.25, 0.3) is 5.91 Å².